The SMILES string of the molecule is CC(C)(C)OC(=O)N1CCc2cnc(Nc3ccc(CS(C)(=O)=O)nc3)cc2C1. The first-order chi connectivity index (χ1) is 13.5. The number of nitrogens with zero attached hydrogens (tertiary/aromatic N) is 3. The van der Waals surface area contributed by atoms with E-state index < -0.39 is 15.4 Å². The zero-order valence-corrected chi connectivity index (χ0v) is 17.9. The zero-order chi connectivity index (χ0) is 21.2. The van der Waals surface area contributed by atoms with Gasteiger partial charge in [-0.25, -0.2) is 18.2 Å². The molecule has 0 saturated carbocycles. The van der Waals surface area contributed by atoms with Gasteiger partial charge in [-0.15, -0.1) is 0 Å². The molecule has 29 heavy (non-hydrogen) atoms. The van der Waals surface area contributed by atoms with E-state index in [9.17, 15) is 13.2 Å². The number of fused-ring (bicyclic) bond motifs is 1. The van der Waals surface area contributed by atoms with Gasteiger partial charge in [-0.2, -0.15) is 0 Å². The summed E-state index contributed by atoms with van der Waals surface area (Å²) < 4.78 is 28.2. The average Bonchev–Trinajstić information content (AvgIpc) is 2.60. The lowest BCUT2D eigenvalue weighted by molar-refractivity contribution is 0.0224. The molecule has 156 valence electrons. The second-order valence-corrected chi connectivity index (χ2v) is 10.4. The molecule has 0 fully saturated rings. The van der Waals surface area contributed by atoms with Crippen molar-refractivity contribution in [1.82, 2.24) is 14.9 Å². The molecule has 2 aromatic rings. The van der Waals surface area contributed by atoms with E-state index in [1.54, 1.807) is 23.2 Å². The van der Waals surface area contributed by atoms with Crippen molar-refractivity contribution >= 4 is 27.4 Å². The molecule has 0 atom stereocenters. The largest absolute Gasteiger partial charge is 0.444 e. The number of carbonyl (C=O) groups is 1. The Morgan fingerprint density at radius 3 is 2.59 bits per heavy atom. The lowest BCUT2D eigenvalue weighted by Gasteiger charge is -2.31. The maximum Gasteiger partial charge on any atom is 0.410 e. The highest BCUT2D eigenvalue weighted by Crippen LogP contribution is 2.24. The first kappa shape index (κ1) is 21.0. The summed E-state index contributed by atoms with van der Waals surface area (Å²) >= 11 is 0. The van der Waals surface area contributed by atoms with Gasteiger partial charge in [-0.1, -0.05) is 0 Å². The highest BCUT2D eigenvalue weighted by atomic mass is 32.2. The van der Waals surface area contributed by atoms with Crippen LogP contribution in [0.25, 0.3) is 0 Å². The summed E-state index contributed by atoms with van der Waals surface area (Å²) in [4.78, 5) is 22.7. The Morgan fingerprint density at radius 2 is 1.97 bits per heavy atom. The monoisotopic (exact) mass is 418 g/mol. The predicted octanol–water partition coefficient (Wildman–Crippen LogP) is 3.06. The molecule has 9 heteroatoms. The number of anilines is 2. The molecule has 0 saturated heterocycles. The number of hydrogen-bond donors (Lipinski definition) is 1. The van der Waals surface area contributed by atoms with E-state index in [0.29, 0.717) is 30.3 Å². The van der Waals surface area contributed by atoms with Gasteiger partial charge in [-0.3, -0.25) is 4.98 Å². The van der Waals surface area contributed by atoms with Crippen molar-refractivity contribution in [1.29, 1.82) is 0 Å². The molecule has 0 bridgehead atoms. The predicted molar refractivity (Wildman–Crippen MR) is 111 cm³/mol. The molecule has 1 N–H and O–H groups in total. The van der Waals surface area contributed by atoms with Crippen LogP contribution in [-0.2, 0) is 33.3 Å². The lowest BCUT2D eigenvalue weighted by Crippen LogP contribution is -2.39. The van der Waals surface area contributed by atoms with Gasteiger partial charge < -0.3 is 15.0 Å². The van der Waals surface area contributed by atoms with Crippen molar-refractivity contribution < 1.29 is 17.9 Å². The van der Waals surface area contributed by atoms with Crippen LogP contribution in [0.4, 0.5) is 16.3 Å². The topological polar surface area (TPSA) is 101 Å². The molecule has 1 aliphatic rings. The zero-order valence-electron chi connectivity index (χ0n) is 17.1. The van der Waals surface area contributed by atoms with Crippen molar-refractivity contribution in [3.05, 3.63) is 47.4 Å². The first-order valence-corrected chi connectivity index (χ1v) is 11.4. The van der Waals surface area contributed by atoms with Crippen LogP contribution in [0.15, 0.2) is 30.6 Å². The Bertz CT molecular complexity index is 998. The molecule has 0 radical (unpaired) electrons. The third-order valence-electron chi connectivity index (χ3n) is 4.25. The van der Waals surface area contributed by atoms with Crippen LogP contribution >= 0.6 is 0 Å². The van der Waals surface area contributed by atoms with Gasteiger partial charge in [0.25, 0.3) is 0 Å². The summed E-state index contributed by atoms with van der Waals surface area (Å²) in [5, 5.41) is 3.17. The van der Waals surface area contributed by atoms with Crippen LogP contribution in [-0.4, -0.2) is 47.8 Å². The van der Waals surface area contributed by atoms with Gasteiger partial charge >= 0.3 is 6.09 Å². The van der Waals surface area contributed by atoms with Crippen LogP contribution in [0.3, 0.4) is 0 Å². The minimum atomic E-state index is -3.12. The highest BCUT2D eigenvalue weighted by molar-refractivity contribution is 7.89. The molecule has 8 nitrogen and oxygen atoms in total. The molecule has 0 aliphatic carbocycles. The minimum absolute atomic E-state index is 0.0924. The molecule has 1 amide bonds. The van der Waals surface area contributed by atoms with Gasteiger partial charge in [-0.05, 0) is 56.5 Å². The average molecular weight is 419 g/mol. The van der Waals surface area contributed by atoms with Gasteiger partial charge in [0.15, 0.2) is 9.84 Å². The van der Waals surface area contributed by atoms with Gasteiger partial charge in [0.1, 0.15) is 11.4 Å². The number of aromatic nitrogens is 2. The maximum atomic E-state index is 12.4. The normalized spacial score (nSPS) is 14.3. The molecule has 1 aliphatic heterocycles. The van der Waals surface area contributed by atoms with Crippen LogP contribution in [0.2, 0.25) is 0 Å². The summed E-state index contributed by atoms with van der Waals surface area (Å²) in [6.07, 6.45) is 4.98. The van der Waals surface area contributed by atoms with Crippen molar-refractivity contribution in [2.45, 2.75) is 45.1 Å². The van der Waals surface area contributed by atoms with Crippen molar-refractivity contribution in [3.8, 4) is 0 Å². The van der Waals surface area contributed by atoms with E-state index in [4.69, 9.17) is 4.74 Å². The molecule has 2 aromatic heterocycles. The number of pyridine rings is 2. The fourth-order valence-corrected chi connectivity index (χ4v) is 3.70. The quantitative estimate of drug-likeness (QED) is 0.814. The Balaban J connectivity index is 1.69. The van der Waals surface area contributed by atoms with E-state index in [1.807, 2.05) is 33.0 Å². The first-order valence-electron chi connectivity index (χ1n) is 9.34. The summed E-state index contributed by atoms with van der Waals surface area (Å²) in [6.45, 7) is 6.62. The molecule has 3 rings (SSSR count). The molecule has 0 aromatic carbocycles. The smallest absolute Gasteiger partial charge is 0.410 e. The summed E-state index contributed by atoms with van der Waals surface area (Å²) in [7, 11) is -3.12. The molecule has 0 unspecified atom stereocenters. The fraction of sp³-hybridized carbons (Fsp3) is 0.450. The van der Waals surface area contributed by atoms with Crippen LogP contribution in [0.5, 0.6) is 0 Å². The van der Waals surface area contributed by atoms with Gasteiger partial charge in [0.05, 0.1) is 23.3 Å². The number of ether oxygens (including phenoxy) is 1. The Morgan fingerprint density at radius 1 is 1.21 bits per heavy atom. The van der Waals surface area contributed by atoms with E-state index in [1.165, 1.54) is 6.26 Å². The van der Waals surface area contributed by atoms with Crippen LogP contribution < -0.4 is 5.32 Å². The van der Waals surface area contributed by atoms with E-state index in [0.717, 1.165) is 17.5 Å². The molecule has 0 spiro atoms. The Kier molecular flexibility index (Phi) is 5.79. The highest BCUT2D eigenvalue weighted by Gasteiger charge is 2.26. The Labute approximate surface area is 171 Å². The molecule has 3 heterocycles. The summed E-state index contributed by atoms with van der Waals surface area (Å²) in [5.41, 5.74) is 2.79. The van der Waals surface area contributed by atoms with Gasteiger partial charge in [0.2, 0.25) is 0 Å². The van der Waals surface area contributed by atoms with Crippen molar-refractivity contribution in [2.24, 2.45) is 0 Å². The third-order valence-corrected chi connectivity index (χ3v) is 5.07. The number of sulfone groups is 1. The van der Waals surface area contributed by atoms with Crippen LogP contribution in [0, 0.1) is 0 Å². The lowest BCUT2D eigenvalue weighted by atomic mass is 10.0. The summed E-state index contributed by atoms with van der Waals surface area (Å²) in [6, 6.07) is 5.35. The second kappa shape index (κ2) is 7.98. The van der Waals surface area contributed by atoms with Gasteiger partial charge in [0, 0.05) is 25.5 Å². The number of rotatable bonds is 4. The van der Waals surface area contributed by atoms with E-state index >= 15 is 0 Å². The minimum Gasteiger partial charge on any atom is -0.444 e. The summed E-state index contributed by atoms with van der Waals surface area (Å²) in [5.74, 6) is 0.540. The number of carbonyl (C=O) groups excluding carboxylic acids is 1. The number of amides is 1. The third kappa shape index (κ3) is 6.15. The standard InChI is InChI=1S/C20H26N4O4S/c1-20(2,3)28-19(25)24-8-7-14-10-22-18(9-15(14)12-24)23-16-5-6-17(21-11-16)13-29(4,26)27/h5-6,9-11H,7-8,12-13H2,1-4H3,(H,22,23). The molecular formula is C20H26N4O4S. The van der Waals surface area contributed by atoms with Crippen molar-refractivity contribution in [3.63, 3.8) is 0 Å². The number of hydrogen-bond acceptors (Lipinski definition) is 7. The van der Waals surface area contributed by atoms with E-state index in [2.05, 4.69) is 15.3 Å². The second-order valence-electron chi connectivity index (χ2n) is 8.22. The Hall–Kier alpha value is -2.68. The number of nitrogens with one attached hydrogen (secondary N) is 1. The maximum absolute atomic E-state index is 12.4. The van der Waals surface area contributed by atoms with Crippen molar-refractivity contribution in [2.75, 3.05) is 18.1 Å². The van der Waals surface area contributed by atoms with E-state index in [-0.39, 0.29) is 11.8 Å². The van der Waals surface area contributed by atoms with Crippen LogP contribution in [0.1, 0.15) is 37.6 Å². The molecular weight excluding hydrogens is 392 g/mol. The fourth-order valence-electron chi connectivity index (χ4n) is 2.99.